The molecule has 128 valence electrons. The Morgan fingerprint density at radius 3 is 2.67 bits per heavy atom. The number of aryl methyl sites for hydroxylation is 1. The molecule has 0 radical (unpaired) electrons. The predicted molar refractivity (Wildman–Crippen MR) is 90.3 cm³/mol. The van der Waals surface area contributed by atoms with E-state index in [4.69, 9.17) is 4.74 Å². The Labute approximate surface area is 158 Å². The quantitative estimate of drug-likeness (QED) is 0.473. The zero-order chi connectivity index (χ0) is 16.4. The summed E-state index contributed by atoms with van der Waals surface area (Å²) in [6.07, 6.45) is 1.26. The van der Waals surface area contributed by atoms with Crippen molar-refractivity contribution in [2.24, 2.45) is 0 Å². The van der Waals surface area contributed by atoms with Crippen LogP contribution in [-0.2, 0) is 25.8 Å². The molecule has 1 unspecified atom stereocenters. The summed E-state index contributed by atoms with van der Waals surface area (Å²) in [4.78, 5) is 14.9. The van der Waals surface area contributed by atoms with Crippen molar-refractivity contribution >= 4 is 5.78 Å². The van der Waals surface area contributed by atoms with Crippen molar-refractivity contribution in [2.45, 2.75) is 26.4 Å². The van der Waals surface area contributed by atoms with E-state index in [9.17, 15) is 4.79 Å². The number of aromatic nitrogens is 1. The van der Waals surface area contributed by atoms with Crippen LogP contribution in [0.2, 0.25) is 0 Å². The number of hydrogen-bond acceptors (Lipinski definition) is 3. The zero-order valence-corrected chi connectivity index (χ0v) is 17.3. The number of ketones is 1. The van der Waals surface area contributed by atoms with E-state index in [0.717, 1.165) is 42.1 Å². The minimum Gasteiger partial charge on any atom is -0.380 e. The molecule has 1 aliphatic rings. The first kappa shape index (κ1) is 19.1. The van der Waals surface area contributed by atoms with Gasteiger partial charge in [-0.1, -0.05) is 5.69 Å². The molecule has 0 N–H and O–H groups in total. The van der Waals surface area contributed by atoms with Gasteiger partial charge in [0.1, 0.15) is 0 Å². The maximum Gasteiger partial charge on any atom is 0.178 e. The molecule has 0 bridgehead atoms. The fraction of sp³-hybridized carbons (Fsp3) is 0.421. The average molecular weight is 495 g/mol. The molecule has 1 fully saturated rings. The smallest absolute Gasteiger partial charge is 0.178 e. The molecule has 1 atom stereocenters. The van der Waals surface area contributed by atoms with Gasteiger partial charge in [-0.2, -0.15) is 18.2 Å². The van der Waals surface area contributed by atoms with Crippen molar-refractivity contribution < 1.29 is 30.6 Å². The average Bonchev–Trinajstić information content (AvgIpc) is 3.12. The maximum atomic E-state index is 12.7. The molecule has 0 aliphatic carbocycles. The number of hydrogen-bond donors (Lipinski definition) is 0. The van der Waals surface area contributed by atoms with Gasteiger partial charge in [0.05, 0.1) is 12.6 Å². The first-order valence-corrected chi connectivity index (χ1v) is 8.04. The molecule has 0 spiro atoms. The third kappa shape index (κ3) is 3.88. The number of rotatable bonds is 5. The van der Waals surface area contributed by atoms with Gasteiger partial charge in [0.25, 0.3) is 0 Å². The van der Waals surface area contributed by atoms with Crippen LogP contribution in [0.5, 0.6) is 0 Å². The SMILES string of the molecule is COC1CCN(CC(=O)c2cc(C)n(-c3cc[c-]cc3)c2C)C1.[W]. The molecule has 3 rings (SSSR count). The molecular formula is C19H23N2O2W-. The van der Waals surface area contributed by atoms with Crippen LogP contribution in [0, 0.1) is 19.9 Å². The van der Waals surface area contributed by atoms with Gasteiger partial charge in [-0.25, -0.2) is 0 Å². The fourth-order valence-corrected chi connectivity index (χ4v) is 3.39. The van der Waals surface area contributed by atoms with Crippen LogP contribution in [0.15, 0.2) is 30.3 Å². The molecule has 2 heterocycles. The second-order valence-corrected chi connectivity index (χ2v) is 6.18. The van der Waals surface area contributed by atoms with Gasteiger partial charge < -0.3 is 9.30 Å². The molecule has 24 heavy (non-hydrogen) atoms. The van der Waals surface area contributed by atoms with Crippen LogP contribution in [0.1, 0.15) is 28.2 Å². The predicted octanol–water partition coefficient (Wildman–Crippen LogP) is 2.80. The van der Waals surface area contributed by atoms with Gasteiger partial charge in [0, 0.05) is 58.2 Å². The van der Waals surface area contributed by atoms with Crippen LogP contribution in [0.4, 0.5) is 0 Å². The van der Waals surface area contributed by atoms with Crippen molar-refractivity contribution in [2.75, 3.05) is 26.7 Å². The zero-order valence-electron chi connectivity index (χ0n) is 14.4. The number of likely N-dealkylation sites (tertiary alicyclic amines) is 1. The maximum absolute atomic E-state index is 12.7. The molecule has 1 aromatic heterocycles. The summed E-state index contributed by atoms with van der Waals surface area (Å²) < 4.78 is 7.50. The summed E-state index contributed by atoms with van der Waals surface area (Å²) in [7, 11) is 1.74. The van der Waals surface area contributed by atoms with E-state index >= 15 is 0 Å². The van der Waals surface area contributed by atoms with E-state index < -0.39 is 0 Å². The van der Waals surface area contributed by atoms with Crippen LogP contribution in [-0.4, -0.2) is 48.1 Å². The van der Waals surface area contributed by atoms with E-state index in [-0.39, 0.29) is 33.0 Å². The number of nitrogens with zero attached hydrogens (tertiary/aromatic N) is 2. The van der Waals surface area contributed by atoms with Crippen molar-refractivity contribution in [3.63, 3.8) is 0 Å². The standard InChI is InChI=1S/C19H23N2O2.W/c1-14-11-18(15(2)21(14)16-7-5-4-6-8-16)19(22)13-20-10-9-17(12-20)23-3;/h5-8,11,17H,9-10,12-13H2,1-3H3;/q-1;. The Morgan fingerprint density at radius 2 is 2.04 bits per heavy atom. The van der Waals surface area contributed by atoms with Gasteiger partial charge in [0.15, 0.2) is 5.78 Å². The summed E-state index contributed by atoms with van der Waals surface area (Å²) in [6.45, 7) is 6.29. The molecule has 4 nitrogen and oxygen atoms in total. The number of Topliss-reactive ketones (excluding diaryl/α,β-unsaturated/α-hetero) is 1. The van der Waals surface area contributed by atoms with Crippen molar-refractivity contribution in [1.82, 2.24) is 9.47 Å². The van der Waals surface area contributed by atoms with E-state index in [1.54, 1.807) is 7.11 Å². The normalized spacial score (nSPS) is 17.7. The van der Waals surface area contributed by atoms with Gasteiger partial charge in [-0.3, -0.25) is 9.69 Å². The molecule has 2 aromatic rings. The first-order valence-electron chi connectivity index (χ1n) is 8.04. The van der Waals surface area contributed by atoms with Gasteiger partial charge >= 0.3 is 0 Å². The second-order valence-electron chi connectivity index (χ2n) is 6.18. The molecular weight excluding hydrogens is 472 g/mol. The van der Waals surface area contributed by atoms with Crippen molar-refractivity contribution in [3.05, 3.63) is 53.3 Å². The molecule has 1 aliphatic heterocycles. The molecule has 0 saturated carbocycles. The second kappa shape index (κ2) is 8.24. The Morgan fingerprint density at radius 1 is 1.33 bits per heavy atom. The Hall–Kier alpha value is -1.22. The number of carbonyl (C=O) groups excluding carboxylic acids is 1. The van der Waals surface area contributed by atoms with Crippen molar-refractivity contribution in [1.29, 1.82) is 0 Å². The van der Waals surface area contributed by atoms with E-state index in [1.807, 2.05) is 44.2 Å². The summed E-state index contributed by atoms with van der Waals surface area (Å²) in [5.41, 5.74) is 3.96. The third-order valence-electron chi connectivity index (χ3n) is 4.62. The van der Waals surface area contributed by atoms with Crippen LogP contribution in [0.25, 0.3) is 5.69 Å². The largest absolute Gasteiger partial charge is 0.380 e. The molecule has 5 heteroatoms. The van der Waals surface area contributed by atoms with E-state index in [2.05, 4.69) is 15.5 Å². The van der Waals surface area contributed by atoms with Crippen LogP contribution in [0.3, 0.4) is 0 Å². The Balaban J connectivity index is 0.00000208. The fourth-order valence-electron chi connectivity index (χ4n) is 3.39. The minimum atomic E-state index is 0. The number of benzene rings is 1. The molecule has 1 saturated heterocycles. The van der Waals surface area contributed by atoms with Crippen LogP contribution >= 0.6 is 0 Å². The Bertz CT molecular complexity index is 697. The summed E-state index contributed by atoms with van der Waals surface area (Å²) in [6, 6.07) is 12.8. The first-order chi connectivity index (χ1) is 11.1. The molecule has 1 aromatic carbocycles. The third-order valence-corrected chi connectivity index (χ3v) is 4.62. The molecule has 0 amide bonds. The van der Waals surface area contributed by atoms with Crippen LogP contribution < -0.4 is 0 Å². The monoisotopic (exact) mass is 495 g/mol. The minimum absolute atomic E-state index is 0. The number of ether oxygens (including phenoxy) is 1. The van der Waals surface area contributed by atoms with Gasteiger partial charge in [0.2, 0.25) is 0 Å². The summed E-state index contributed by atoms with van der Waals surface area (Å²) >= 11 is 0. The van der Waals surface area contributed by atoms with Gasteiger partial charge in [-0.15, -0.1) is 12.1 Å². The topological polar surface area (TPSA) is 34.5 Å². The Kier molecular flexibility index (Phi) is 6.56. The summed E-state index contributed by atoms with van der Waals surface area (Å²) in [5.74, 6) is 0.184. The summed E-state index contributed by atoms with van der Waals surface area (Å²) in [5, 5.41) is 0. The number of carbonyl (C=O) groups is 1. The van der Waals surface area contributed by atoms with E-state index in [1.165, 1.54) is 0 Å². The van der Waals surface area contributed by atoms with E-state index in [0.29, 0.717) is 6.54 Å². The number of methoxy groups -OCH3 is 1. The van der Waals surface area contributed by atoms with Gasteiger partial charge in [-0.05, 0) is 26.3 Å². The van der Waals surface area contributed by atoms with Crippen molar-refractivity contribution in [3.8, 4) is 5.69 Å².